The minimum Gasteiger partial charge on any atom is -0.465 e. The van der Waals surface area contributed by atoms with Crippen LogP contribution in [0.15, 0.2) is 24.3 Å². The molecule has 6 heteroatoms. The van der Waals surface area contributed by atoms with Crippen LogP contribution in [-0.4, -0.2) is 41.6 Å². The average molecular weight is 328 g/mol. The number of halogens is 1. The Labute approximate surface area is 135 Å². The second kappa shape index (κ2) is 6.86. The second-order valence-corrected chi connectivity index (χ2v) is 6.35. The lowest BCUT2D eigenvalue weighted by molar-refractivity contribution is -0.0425. The molecule has 1 saturated heterocycles. The highest BCUT2D eigenvalue weighted by molar-refractivity contribution is 6.30. The van der Waals surface area contributed by atoms with E-state index in [2.05, 4.69) is 0 Å². The molecule has 0 radical (unpaired) electrons. The van der Waals surface area contributed by atoms with E-state index >= 15 is 0 Å². The van der Waals surface area contributed by atoms with E-state index in [0.717, 1.165) is 5.56 Å². The Balaban J connectivity index is 2.01. The molecular weight excluding hydrogens is 306 g/mol. The summed E-state index contributed by atoms with van der Waals surface area (Å²) in [5, 5.41) is 10.1. The Kier molecular flexibility index (Phi) is 5.32. The van der Waals surface area contributed by atoms with Gasteiger partial charge in [-0.1, -0.05) is 23.7 Å². The Hall–Kier alpha value is -1.30. The predicted molar refractivity (Wildman–Crippen MR) is 84.1 cm³/mol. The number of carboxylic acid groups (broad SMARTS) is 1. The second-order valence-electron chi connectivity index (χ2n) is 5.92. The molecule has 1 fully saturated rings. The average Bonchev–Trinajstić information content (AvgIpc) is 2.76. The predicted octanol–water partition coefficient (Wildman–Crippen LogP) is 3.92. The van der Waals surface area contributed by atoms with Crippen LogP contribution in [0.3, 0.4) is 0 Å². The molecule has 0 saturated carbocycles. The number of amides is 1. The van der Waals surface area contributed by atoms with Gasteiger partial charge in [0.15, 0.2) is 0 Å². The van der Waals surface area contributed by atoms with Gasteiger partial charge in [0.1, 0.15) is 5.72 Å². The molecule has 2 rings (SSSR count). The molecule has 1 N–H and O–H groups in total. The molecule has 122 valence electrons. The zero-order valence-corrected chi connectivity index (χ0v) is 13.8. The third-order valence-corrected chi connectivity index (χ3v) is 4.32. The normalized spacial score (nSPS) is 21.8. The lowest BCUT2D eigenvalue weighted by Gasteiger charge is -2.31. The van der Waals surface area contributed by atoms with Gasteiger partial charge in [0, 0.05) is 12.1 Å². The van der Waals surface area contributed by atoms with Crippen LogP contribution in [0, 0.1) is 0 Å². The molecule has 1 aliphatic heterocycles. The van der Waals surface area contributed by atoms with E-state index in [1.54, 1.807) is 21.0 Å². The van der Waals surface area contributed by atoms with Crippen molar-refractivity contribution in [3.8, 4) is 0 Å². The fraction of sp³-hybridized carbons (Fsp3) is 0.562. The molecule has 5 nitrogen and oxygen atoms in total. The van der Waals surface area contributed by atoms with Gasteiger partial charge >= 0.3 is 6.09 Å². The van der Waals surface area contributed by atoms with Crippen molar-refractivity contribution in [2.45, 2.75) is 44.6 Å². The maximum atomic E-state index is 11.4. The SMILES string of the molecule is COC(CC[C@H]1COC(C)(C)N1C(=O)O)c1ccc(Cl)cc1. The fourth-order valence-electron chi connectivity index (χ4n) is 2.92. The van der Waals surface area contributed by atoms with Crippen molar-refractivity contribution < 1.29 is 19.4 Å². The van der Waals surface area contributed by atoms with Crippen molar-refractivity contribution in [2.75, 3.05) is 13.7 Å². The van der Waals surface area contributed by atoms with E-state index in [9.17, 15) is 9.90 Å². The smallest absolute Gasteiger partial charge is 0.409 e. The van der Waals surface area contributed by atoms with Gasteiger partial charge < -0.3 is 14.6 Å². The van der Waals surface area contributed by atoms with Crippen LogP contribution >= 0.6 is 11.6 Å². The highest BCUT2D eigenvalue weighted by atomic mass is 35.5. The zero-order chi connectivity index (χ0) is 16.3. The summed E-state index contributed by atoms with van der Waals surface area (Å²) < 4.78 is 11.1. The van der Waals surface area contributed by atoms with Crippen molar-refractivity contribution in [1.29, 1.82) is 0 Å². The van der Waals surface area contributed by atoms with Crippen molar-refractivity contribution in [3.05, 3.63) is 34.9 Å². The molecule has 1 unspecified atom stereocenters. The maximum absolute atomic E-state index is 11.4. The molecule has 22 heavy (non-hydrogen) atoms. The first kappa shape index (κ1) is 17.1. The number of hydrogen-bond donors (Lipinski definition) is 1. The number of rotatable bonds is 5. The summed E-state index contributed by atoms with van der Waals surface area (Å²) in [6.45, 7) is 3.96. The summed E-state index contributed by atoms with van der Waals surface area (Å²) in [5.74, 6) is 0. The summed E-state index contributed by atoms with van der Waals surface area (Å²) >= 11 is 5.90. The highest BCUT2D eigenvalue weighted by Crippen LogP contribution is 2.32. The van der Waals surface area contributed by atoms with E-state index in [1.165, 1.54) is 4.90 Å². The van der Waals surface area contributed by atoms with Crippen LogP contribution in [0.5, 0.6) is 0 Å². The van der Waals surface area contributed by atoms with E-state index in [1.807, 2.05) is 24.3 Å². The topological polar surface area (TPSA) is 59.0 Å². The molecule has 1 amide bonds. The van der Waals surface area contributed by atoms with Gasteiger partial charge in [-0.05, 0) is 44.4 Å². The van der Waals surface area contributed by atoms with Gasteiger partial charge in [0.05, 0.1) is 18.8 Å². The number of carbonyl (C=O) groups is 1. The molecule has 2 atom stereocenters. The summed E-state index contributed by atoms with van der Waals surface area (Å²) in [5.41, 5.74) is 0.256. The van der Waals surface area contributed by atoms with Gasteiger partial charge in [0.25, 0.3) is 0 Å². The largest absolute Gasteiger partial charge is 0.465 e. The number of benzene rings is 1. The minimum absolute atomic E-state index is 0.0865. The molecule has 1 aliphatic rings. The molecule has 1 aromatic carbocycles. The van der Waals surface area contributed by atoms with E-state index in [-0.39, 0.29) is 12.1 Å². The van der Waals surface area contributed by atoms with Crippen molar-refractivity contribution >= 4 is 17.7 Å². The summed E-state index contributed by atoms with van der Waals surface area (Å²) in [7, 11) is 1.66. The van der Waals surface area contributed by atoms with E-state index in [0.29, 0.717) is 24.5 Å². The van der Waals surface area contributed by atoms with Crippen molar-refractivity contribution in [3.63, 3.8) is 0 Å². The van der Waals surface area contributed by atoms with Crippen LogP contribution in [0.1, 0.15) is 38.4 Å². The molecule has 1 aromatic rings. The van der Waals surface area contributed by atoms with Gasteiger partial charge in [0.2, 0.25) is 0 Å². The molecule has 1 heterocycles. The first-order valence-electron chi connectivity index (χ1n) is 7.29. The first-order valence-corrected chi connectivity index (χ1v) is 7.67. The highest BCUT2D eigenvalue weighted by Gasteiger charge is 2.43. The third-order valence-electron chi connectivity index (χ3n) is 4.07. The van der Waals surface area contributed by atoms with Crippen LogP contribution in [0.4, 0.5) is 4.79 Å². The lowest BCUT2D eigenvalue weighted by Crippen LogP contribution is -2.47. The Morgan fingerprint density at radius 1 is 1.50 bits per heavy atom. The Bertz CT molecular complexity index is 517. The van der Waals surface area contributed by atoms with Crippen LogP contribution in [0.2, 0.25) is 5.02 Å². The van der Waals surface area contributed by atoms with Gasteiger partial charge in [-0.25, -0.2) is 4.79 Å². The Morgan fingerprint density at radius 2 is 2.14 bits per heavy atom. The molecule has 0 spiro atoms. The zero-order valence-electron chi connectivity index (χ0n) is 13.1. The maximum Gasteiger partial charge on any atom is 0.409 e. The van der Waals surface area contributed by atoms with E-state index in [4.69, 9.17) is 21.1 Å². The van der Waals surface area contributed by atoms with Gasteiger partial charge in [-0.3, -0.25) is 4.90 Å². The number of nitrogens with zero attached hydrogens (tertiary/aromatic N) is 1. The standard InChI is InChI=1S/C16H22ClNO4/c1-16(2)18(15(19)20)13(10-22-16)8-9-14(21-3)11-4-6-12(17)7-5-11/h4-7,13-14H,8-10H2,1-3H3,(H,19,20)/t13-,14?/m0/s1. The van der Waals surface area contributed by atoms with Gasteiger partial charge in [-0.2, -0.15) is 0 Å². The summed E-state index contributed by atoms with van der Waals surface area (Å²) in [6.07, 6.45) is 0.354. The number of ether oxygens (including phenoxy) is 2. The summed E-state index contributed by atoms with van der Waals surface area (Å²) in [4.78, 5) is 12.8. The van der Waals surface area contributed by atoms with Crippen molar-refractivity contribution in [2.24, 2.45) is 0 Å². The van der Waals surface area contributed by atoms with E-state index < -0.39 is 11.8 Å². The third kappa shape index (κ3) is 3.72. The number of methoxy groups -OCH3 is 1. The van der Waals surface area contributed by atoms with Gasteiger partial charge in [-0.15, -0.1) is 0 Å². The monoisotopic (exact) mass is 327 g/mol. The van der Waals surface area contributed by atoms with Crippen LogP contribution in [0.25, 0.3) is 0 Å². The molecule has 0 bridgehead atoms. The minimum atomic E-state index is -0.951. The quantitative estimate of drug-likeness (QED) is 0.890. The first-order chi connectivity index (χ1) is 10.3. The molecule has 0 aromatic heterocycles. The van der Waals surface area contributed by atoms with Crippen LogP contribution < -0.4 is 0 Å². The summed E-state index contributed by atoms with van der Waals surface area (Å²) in [6, 6.07) is 7.36. The Morgan fingerprint density at radius 3 is 2.68 bits per heavy atom. The lowest BCUT2D eigenvalue weighted by atomic mass is 10.0. The van der Waals surface area contributed by atoms with Crippen LogP contribution in [-0.2, 0) is 9.47 Å². The van der Waals surface area contributed by atoms with Crippen molar-refractivity contribution in [1.82, 2.24) is 4.90 Å². The molecular formula is C16H22ClNO4. The molecule has 0 aliphatic carbocycles. The number of hydrogen-bond acceptors (Lipinski definition) is 3. The fourth-order valence-corrected chi connectivity index (χ4v) is 3.05.